The van der Waals surface area contributed by atoms with Crippen molar-refractivity contribution in [2.75, 3.05) is 5.32 Å². The highest BCUT2D eigenvalue weighted by Gasteiger charge is 2.24. The van der Waals surface area contributed by atoms with E-state index in [0.29, 0.717) is 5.75 Å². The van der Waals surface area contributed by atoms with Crippen LogP contribution in [0.25, 0.3) is 0 Å². The Balaban J connectivity index is 1.93. The molecular weight excluding hydrogens is 398 g/mol. The van der Waals surface area contributed by atoms with Crippen molar-refractivity contribution in [3.8, 4) is 5.75 Å². The fourth-order valence-electron chi connectivity index (χ4n) is 2.33. The van der Waals surface area contributed by atoms with Crippen LogP contribution in [0.2, 0.25) is 0 Å². The molecule has 1 amide bonds. The number of hydrogen-bond acceptors (Lipinski definition) is 4. The molecule has 26 heavy (non-hydrogen) atoms. The molecule has 6 heteroatoms. The number of anilines is 1. The highest BCUT2D eigenvalue weighted by atomic mass is 79.9. The zero-order valence-corrected chi connectivity index (χ0v) is 16.8. The highest BCUT2D eigenvalue weighted by Crippen LogP contribution is 2.20. The van der Waals surface area contributed by atoms with Crippen molar-refractivity contribution in [2.45, 2.75) is 39.9 Å². The lowest BCUT2D eigenvalue weighted by atomic mass is 10.1. The normalized spacial score (nSPS) is 12.8. The molecule has 0 saturated heterocycles. The van der Waals surface area contributed by atoms with Crippen LogP contribution in [-0.2, 0) is 14.3 Å². The summed E-state index contributed by atoms with van der Waals surface area (Å²) in [5, 5.41) is 2.82. The molecule has 2 atom stereocenters. The van der Waals surface area contributed by atoms with Gasteiger partial charge in [-0.15, -0.1) is 0 Å². The molecule has 5 nitrogen and oxygen atoms in total. The number of esters is 1. The molecule has 0 radical (unpaired) electrons. The highest BCUT2D eigenvalue weighted by molar-refractivity contribution is 9.10. The first-order valence-corrected chi connectivity index (χ1v) is 9.07. The van der Waals surface area contributed by atoms with E-state index in [1.807, 2.05) is 44.2 Å². The first-order chi connectivity index (χ1) is 12.3. The molecule has 0 heterocycles. The van der Waals surface area contributed by atoms with Crippen LogP contribution in [0.15, 0.2) is 46.9 Å². The molecule has 0 fully saturated rings. The average molecular weight is 420 g/mol. The second kappa shape index (κ2) is 8.85. The smallest absolute Gasteiger partial charge is 0.347 e. The van der Waals surface area contributed by atoms with Gasteiger partial charge in [-0.2, -0.15) is 0 Å². The molecule has 0 spiro atoms. The van der Waals surface area contributed by atoms with Gasteiger partial charge in [0.2, 0.25) is 0 Å². The van der Waals surface area contributed by atoms with Crippen molar-refractivity contribution in [2.24, 2.45) is 0 Å². The van der Waals surface area contributed by atoms with Crippen molar-refractivity contribution < 1.29 is 19.1 Å². The third-order valence-corrected chi connectivity index (χ3v) is 4.38. The van der Waals surface area contributed by atoms with E-state index < -0.39 is 18.2 Å². The van der Waals surface area contributed by atoms with E-state index in [-0.39, 0.29) is 5.91 Å². The van der Waals surface area contributed by atoms with Gasteiger partial charge in [-0.3, -0.25) is 4.79 Å². The van der Waals surface area contributed by atoms with Gasteiger partial charge in [0.05, 0.1) is 0 Å². The summed E-state index contributed by atoms with van der Waals surface area (Å²) < 4.78 is 11.7. The van der Waals surface area contributed by atoms with E-state index in [4.69, 9.17) is 9.47 Å². The molecule has 1 N–H and O–H groups in total. The number of carbonyl (C=O) groups excluding carboxylic acids is 2. The minimum Gasteiger partial charge on any atom is -0.479 e. The summed E-state index contributed by atoms with van der Waals surface area (Å²) in [7, 11) is 0. The van der Waals surface area contributed by atoms with E-state index in [0.717, 1.165) is 21.3 Å². The summed E-state index contributed by atoms with van der Waals surface area (Å²) in [6.45, 7) is 6.94. The van der Waals surface area contributed by atoms with Gasteiger partial charge in [-0.25, -0.2) is 4.79 Å². The van der Waals surface area contributed by atoms with Gasteiger partial charge in [0.1, 0.15) is 5.75 Å². The van der Waals surface area contributed by atoms with Crippen LogP contribution in [0.5, 0.6) is 5.75 Å². The topological polar surface area (TPSA) is 64.6 Å². The Bertz CT molecular complexity index is 769. The van der Waals surface area contributed by atoms with Crippen LogP contribution < -0.4 is 10.1 Å². The molecule has 0 unspecified atom stereocenters. The summed E-state index contributed by atoms with van der Waals surface area (Å²) in [6, 6.07) is 12.9. The van der Waals surface area contributed by atoms with E-state index >= 15 is 0 Å². The summed E-state index contributed by atoms with van der Waals surface area (Å²) in [5.74, 6) is -0.436. The molecule has 2 aromatic carbocycles. The summed E-state index contributed by atoms with van der Waals surface area (Å²) in [4.78, 5) is 24.5. The maximum atomic E-state index is 12.3. The number of amides is 1. The average Bonchev–Trinajstić information content (AvgIpc) is 2.59. The number of carbonyl (C=O) groups is 2. The number of nitrogens with one attached hydrogen (secondary N) is 1. The molecule has 0 aromatic heterocycles. The first-order valence-electron chi connectivity index (χ1n) is 8.27. The molecule has 0 saturated carbocycles. The number of para-hydroxylation sites is 1. The molecule has 138 valence electrons. The number of hydrogen-bond donors (Lipinski definition) is 1. The number of benzene rings is 2. The van der Waals surface area contributed by atoms with Crippen molar-refractivity contribution >= 4 is 33.5 Å². The predicted octanol–water partition coefficient (Wildman–Crippen LogP) is 4.40. The second-order valence-electron chi connectivity index (χ2n) is 6.05. The minimum atomic E-state index is -0.933. The van der Waals surface area contributed by atoms with Gasteiger partial charge < -0.3 is 14.8 Å². The van der Waals surface area contributed by atoms with Gasteiger partial charge in [0.25, 0.3) is 5.91 Å². The quantitative estimate of drug-likeness (QED) is 0.704. The third kappa shape index (κ3) is 5.33. The zero-order chi connectivity index (χ0) is 19.3. The summed E-state index contributed by atoms with van der Waals surface area (Å²) in [6.07, 6.45) is -1.76. The van der Waals surface area contributed by atoms with E-state index in [1.54, 1.807) is 19.1 Å². The standard InChI is InChI=1S/C20H22BrNO4/c1-12-6-5-7-13(2)18(12)22-19(23)14(3)26-20(24)15(4)25-17-10-8-16(21)9-11-17/h5-11,14-15H,1-4H3,(H,22,23)/t14-,15-/m0/s1. The van der Waals surface area contributed by atoms with Crippen LogP contribution in [0.1, 0.15) is 25.0 Å². The lowest BCUT2D eigenvalue weighted by Crippen LogP contribution is -2.35. The Morgan fingerprint density at radius 3 is 2.12 bits per heavy atom. The zero-order valence-electron chi connectivity index (χ0n) is 15.2. The summed E-state index contributed by atoms with van der Waals surface area (Å²) >= 11 is 3.33. The number of aryl methyl sites for hydroxylation is 2. The second-order valence-corrected chi connectivity index (χ2v) is 6.96. The van der Waals surface area contributed by atoms with Gasteiger partial charge in [-0.05, 0) is 63.1 Å². The van der Waals surface area contributed by atoms with Crippen molar-refractivity contribution in [1.82, 2.24) is 0 Å². The molecule has 0 bridgehead atoms. The Morgan fingerprint density at radius 1 is 0.962 bits per heavy atom. The Morgan fingerprint density at radius 2 is 1.54 bits per heavy atom. The Kier molecular flexibility index (Phi) is 6.80. The van der Waals surface area contributed by atoms with E-state index in [2.05, 4.69) is 21.2 Å². The summed E-state index contributed by atoms with van der Waals surface area (Å²) in [5.41, 5.74) is 2.63. The van der Waals surface area contributed by atoms with Crippen LogP contribution in [-0.4, -0.2) is 24.1 Å². The predicted molar refractivity (Wildman–Crippen MR) is 104 cm³/mol. The van der Waals surface area contributed by atoms with Crippen LogP contribution in [0, 0.1) is 13.8 Å². The SMILES string of the molecule is Cc1cccc(C)c1NC(=O)[C@H](C)OC(=O)[C@H](C)Oc1ccc(Br)cc1. The van der Waals surface area contributed by atoms with Gasteiger partial charge in [0.15, 0.2) is 12.2 Å². The van der Waals surface area contributed by atoms with E-state index in [9.17, 15) is 9.59 Å². The molecule has 0 aliphatic heterocycles. The molecule has 0 aliphatic carbocycles. The third-order valence-electron chi connectivity index (χ3n) is 3.85. The maximum Gasteiger partial charge on any atom is 0.347 e. The molecule has 2 aromatic rings. The largest absolute Gasteiger partial charge is 0.479 e. The number of rotatable bonds is 6. The molecule has 2 rings (SSSR count). The monoisotopic (exact) mass is 419 g/mol. The van der Waals surface area contributed by atoms with Crippen LogP contribution >= 0.6 is 15.9 Å². The number of halogens is 1. The van der Waals surface area contributed by atoms with Gasteiger partial charge in [0, 0.05) is 10.2 Å². The lowest BCUT2D eigenvalue weighted by molar-refractivity contribution is -0.159. The Labute approximate surface area is 161 Å². The van der Waals surface area contributed by atoms with Crippen LogP contribution in [0.4, 0.5) is 5.69 Å². The minimum absolute atomic E-state index is 0.383. The Hall–Kier alpha value is -2.34. The van der Waals surface area contributed by atoms with Gasteiger partial charge >= 0.3 is 5.97 Å². The first kappa shape index (κ1) is 20.0. The van der Waals surface area contributed by atoms with E-state index in [1.165, 1.54) is 6.92 Å². The fraction of sp³-hybridized carbons (Fsp3) is 0.300. The maximum absolute atomic E-state index is 12.3. The molecular formula is C20H22BrNO4. The van der Waals surface area contributed by atoms with Gasteiger partial charge in [-0.1, -0.05) is 34.1 Å². The fourth-order valence-corrected chi connectivity index (χ4v) is 2.59. The number of ether oxygens (including phenoxy) is 2. The molecule has 0 aliphatic rings. The lowest BCUT2D eigenvalue weighted by Gasteiger charge is -2.19. The van der Waals surface area contributed by atoms with Crippen molar-refractivity contribution in [3.05, 3.63) is 58.1 Å². The van der Waals surface area contributed by atoms with Crippen molar-refractivity contribution in [3.63, 3.8) is 0 Å². The van der Waals surface area contributed by atoms with Crippen molar-refractivity contribution in [1.29, 1.82) is 0 Å². The van der Waals surface area contributed by atoms with Crippen LogP contribution in [0.3, 0.4) is 0 Å².